The van der Waals surface area contributed by atoms with Crippen LogP contribution in [-0.4, -0.2) is 22.4 Å². The number of hydrogen-bond acceptors (Lipinski definition) is 3. The van der Waals surface area contributed by atoms with E-state index in [1.807, 2.05) is 0 Å². The summed E-state index contributed by atoms with van der Waals surface area (Å²) in [7, 11) is 0. The minimum Gasteiger partial charge on any atom is -0.481 e. The van der Waals surface area contributed by atoms with Crippen LogP contribution < -0.4 is 5.73 Å². The first-order valence-corrected chi connectivity index (χ1v) is 3.08. The smallest absolute Gasteiger partial charge is 0.303 e. The number of rotatable bonds is 4. The van der Waals surface area contributed by atoms with E-state index in [1.165, 1.54) is 0 Å². The number of carbonyl (C=O) groups excluding carboxylic acids is 1. The zero-order valence-corrected chi connectivity index (χ0v) is 7.19. The van der Waals surface area contributed by atoms with Crippen LogP contribution in [0.1, 0.15) is 12.8 Å². The molecule has 0 aliphatic carbocycles. The van der Waals surface area contributed by atoms with Crippen molar-refractivity contribution in [3.8, 4) is 0 Å². The third-order valence-corrected chi connectivity index (χ3v) is 1.24. The summed E-state index contributed by atoms with van der Waals surface area (Å²) in [6.07, 6.45) is -0.0305. The normalized spacial score (nSPS) is 11.5. The van der Waals surface area contributed by atoms with Crippen LogP contribution in [0.15, 0.2) is 0 Å². The molecule has 4 nitrogen and oxygen atoms in total. The van der Waals surface area contributed by atoms with E-state index in [1.54, 1.807) is 0 Å². The van der Waals surface area contributed by atoms with E-state index in [2.05, 4.69) is 0 Å². The van der Waals surface area contributed by atoms with Gasteiger partial charge < -0.3 is 10.8 Å². The molecule has 0 amide bonds. The highest BCUT2D eigenvalue weighted by Gasteiger charge is 2.11. The Hall–Kier alpha value is -0.320. The van der Waals surface area contributed by atoms with Crippen molar-refractivity contribution in [2.45, 2.75) is 18.9 Å². The van der Waals surface area contributed by atoms with Crippen molar-refractivity contribution in [1.29, 1.82) is 0 Å². The van der Waals surface area contributed by atoms with Gasteiger partial charge in [-0.15, -0.1) is 12.4 Å². The van der Waals surface area contributed by atoms with Crippen LogP contribution in [0.5, 0.6) is 0 Å². The van der Waals surface area contributed by atoms with Gasteiger partial charge in [0.05, 0.1) is 6.04 Å². The van der Waals surface area contributed by atoms with E-state index in [-0.39, 0.29) is 25.2 Å². The van der Waals surface area contributed by atoms with Crippen LogP contribution in [0.25, 0.3) is 0 Å². The molecule has 0 unspecified atom stereocenters. The summed E-state index contributed by atoms with van der Waals surface area (Å²) in [5.74, 6) is -0.978. The average molecular weight is 202 g/mol. The maximum Gasteiger partial charge on any atom is 0.303 e. The standard InChI is InChI=1S/C5H8ClNO3.ClH/c6-5(10)3(7)1-2-4(8)9;/h3H,1-2,7H2,(H,8,9);1H/t3-;/m0./s1. The number of carboxylic acids is 1. The molecule has 11 heavy (non-hydrogen) atoms. The van der Waals surface area contributed by atoms with Crippen LogP contribution in [0.4, 0.5) is 0 Å². The molecule has 0 heterocycles. The fourth-order valence-electron chi connectivity index (χ4n) is 0.392. The summed E-state index contributed by atoms with van der Waals surface area (Å²) >= 11 is 4.95. The van der Waals surface area contributed by atoms with Crippen LogP contribution in [0.2, 0.25) is 0 Å². The lowest BCUT2D eigenvalue weighted by Crippen LogP contribution is -2.27. The second-order valence-corrected chi connectivity index (χ2v) is 2.22. The summed E-state index contributed by atoms with van der Waals surface area (Å²) < 4.78 is 0. The lowest BCUT2D eigenvalue weighted by atomic mass is 10.2. The van der Waals surface area contributed by atoms with Crippen molar-refractivity contribution in [3.63, 3.8) is 0 Å². The zero-order chi connectivity index (χ0) is 8.15. The number of aliphatic carboxylic acids is 1. The Labute approximate surface area is 75.1 Å². The second kappa shape index (κ2) is 6.39. The maximum atomic E-state index is 10.2. The maximum absolute atomic E-state index is 10.2. The highest BCUT2D eigenvalue weighted by Crippen LogP contribution is 1.97. The predicted molar refractivity (Wildman–Crippen MR) is 43.0 cm³/mol. The average Bonchev–Trinajstić information content (AvgIpc) is 1.82. The van der Waals surface area contributed by atoms with Crippen molar-refractivity contribution in [2.24, 2.45) is 5.73 Å². The van der Waals surface area contributed by atoms with E-state index in [0.717, 1.165) is 0 Å². The lowest BCUT2D eigenvalue weighted by Gasteiger charge is -2.01. The number of nitrogens with two attached hydrogens (primary N) is 1. The molecular formula is C5H9Cl2NO3. The fourth-order valence-corrected chi connectivity index (χ4v) is 0.502. The molecule has 0 bridgehead atoms. The largest absolute Gasteiger partial charge is 0.481 e. The molecule has 0 radical (unpaired) electrons. The zero-order valence-electron chi connectivity index (χ0n) is 5.62. The van der Waals surface area contributed by atoms with Crippen molar-refractivity contribution in [2.75, 3.05) is 0 Å². The molecule has 1 atom stereocenters. The van der Waals surface area contributed by atoms with Crippen LogP contribution in [-0.2, 0) is 9.59 Å². The molecule has 0 spiro atoms. The molecule has 0 aliphatic heterocycles. The molecule has 0 aromatic heterocycles. The molecular weight excluding hydrogens is 193 g/mol. The second-order valence-electron chi connectivity index (χ2n) is 1.84. The van der Waals surface area contributed by atoms with Gasteiger partial charge in [-0.05, 0) is 18.0 Å². The molecule has 0 aromatic carbocycles. The summed E-state index contributed by atoms with van der Waals surface area (Å²) in [5, 5.41) is 7.44. The van der Waals surface area contributed by atoms with Crippen molar-refractivity contribution in [1.82, 2.24) is 0 Å². The van der Waals surface area contributed by atoms with Crippen LogP contribution >= 0.6 is 24.0 Å². The van der Waals surface area contributed by atoms with Gasteiger partial charge >= 0.3 is 5.97 Å². The minimum atomic E-state index is -0.978. The van der Waals surface area contributed by atoms with Gasteiger partial charge in [0.15, 0.2) is 0 Å². The molecule has 6 heteroatoms. The van der Waals surface area contributed by atoms with Crippen molar-refractivity contribution in [3.05, 3.63) is 0 Å². The molecule has 66 valence electrons. The fraction of sp³-hybridized carbons (Fsp3) is 0.600. The highest BCUT2D eigenvalue weighted by molar-refractivity contribution is 6.64. The Morgan fingerprint density at radius 1 is 1.55 bits per heavy atom. The van der Waals surface area contributed by atoms with Crippen molar-refractivity contribution >= 4 is 35.2 Å². The van der Waals surface area contributed by atoms with Gasteiger partial charge in [-0.1, -0.05) is 0 Å². The number of carboxylic acid groups (broad SMARTS) is 1. The first kappa shape index (κ1) is 13.3. The van der Waals surface area contributed by atoms with E-state index in [0.29, 0.717) is 0 Å². The molecule has 0 rings (SSSR count). The van der Waals surface area contributed by atoms with Gasteiger partial charge in [0.2, 0.25) is 5.24 Å². The molecule has 3 N–H and O–H groups in total. The Morgan fingerprint density at radius 2 is 2.00 bits per heavy atom. The summed E-state index contributed by atoms with van der Waals surface area (Å²) in [4.78, 5) is 20.1. The third kappa shape index (κ3) is 7.58. The third-order valence-electron chi connectivity index (χ3n) is 0.961. The van der Waals surface area contributed by atoms with Crippen molar-refractivity contribution < 1.29 is 14.7 Å². The first-order valence-electron chi connectivity index (χ1n) is 2.70. The lowest BCUT2D eigenvalue weighted by molar-refractivity contribution is -0.137. The van der Waals surface area contributed by atoms with Gasteiger partial charge in [0.1, 0.15) is 0 Å². The SMILES string of the molecule is Cl.N[C@@H](CCC(=O)O)C(=O)Cl. The first-order chi connectivity index (χ1) is 4.54. The quantitative estimate of drug-likeness (QED) is 0.645. The minimum absolute atomic E-state index is 0. The molecule has 0 saturated heterocycles. The molecule has 0 aromatic rings. The highest BCUT2D eigenvalue weighted by atomic mass is 35.5. The topological polar surface area (TPSA) is 80.4 Å². The van der Waals surface area contributed by atoms with E-state index >= 15 is 0 Å². The van der Waals surface area contributed by atoms with Gasteiger partial charge in [0, 0.05) is 6.42 Å². The van der Waals surface area contributed by atoms with Crippen LogP contribution in [0.3, 0.4) is 0 Å². The summed E-state index contributed by atoms with van der Waals surface area (Å²) in [5.41, 5.74) is 5.12. The predicted octanol–water partition coefficient (Wildman–Crippen LogP) is 0.366. The van der Waals surface area contributed by atoms with Gasteiger partial charge in [-0.3, -0.25) is 9.59 Å². The van der Waals surface area contributed by atoms with Gasteiger partial charge in [-0.2, -0.15) is 0 Å². The Kier molecular flexibility index (Phi) is 7.72. The summed E-state index contributed by atoms with van der Waals surface area (Å²) in [6.45, 7) is 0. The number of halogens is 2. The van der Waals surface area contributed by atoms with E-state index < -0.39 is 17.3 Å². The Balaban J connectivity index is 0. The van der Waals surface area contributed by atoms with E-state index in [9.17, 15) is 9.59 Å². The Bertz CT molecular complexity index is 151. The van der Waals surface area contributed by atoms with Crippen LogP contribution in [0, 0.1) is 0 Å². The number of hydrogen-bond donors (Lipinski definition) is 2. The molecule has 0 fully saturated rings. The van der Waals surface area contributed by atoms with Gasteiger partial charge in [-0.25, -0.2) is 0 Å². The molecule has 0 saturated carbocycles. The Morgan fingerprint density at radius 3 is 2.27 bits per heavy atom. The molecule has 0 aliphatic rings. The number of carbonyl (C=O) groups is 2. The summed E-state index contributed by atoms with van der Waals surface area (Å²) in [6, 6.07) is -0.849. The van der Waals surface area contributed by atoms with E-state index in [4.69, 9.17) is 22.4 Å². The monoisotopic (exact) mass is 201 g/mol. The van der Waals surface area contributed by atoms with Gasteiger partial charge in [0.25, 0.3) is 0 Å².